The minimum absolute atomic E-state index is 0.00232. The molecular formula is C13H24N2O3. The smallest absolute Gasteiger partial charge is 0.305 e. The number of hydrogen-bond donors (Lipinski definition) is 2. The number of carboxylic acids is 1. The van der Waals surface area contributed by atoms with E-state index in [1.807, 2.05) is 6.92 Å². The SMILES string of the molecule is CCN(CCC(=O)O)C(=O)C1CCCCC1CN. The normalized spacial score (nSPS) is 23.7. The predicted octanol–water partition coefficient (Wildman–Crippen LogP) is 1.07. The van der Waals surface area contributed by atoms with Crippen LogP contribution in [0.5, 0.6) is 0 Å². The van der Waals surface area contributed by atoms with Gasteiger partial charge in [0, 0.05) is 19.0 Å². The van der Waals surface area contributed by atoms with E-state index in [0.29, 0.717) is 19.6 Å². The Labute approximate surface area is 108 Å². The molecule has 1 aliphatic rings. The molecule has 0 aromatic carbocycles. The van der Waals surface area contributed by atoms with Gasteiger partial charge in [0.2, 0.25) is 5.91 Å². The summed E-state index contributed by atoms with van der Waals surface area (Å²) in [5.74, 6) is -0.503. The van der Waals surface area contributed by atoms with E-state index < -0.39 is 5.97 Å². The second kappa shape index (κ2) is 7.36. The molecule has 2 atom stereocenters. The third-order valence-corrected chi connectivity index (χ3v) is 3.82. The summed E-state index contributed by atoms with van der Waals surface area (Å²) >= 11 is 0. The number of hydrogen-bond acceptors (Lipinski definition) is 3. The molecule has 2 unspecified atom stereocenters. The van der Waals surface area contributed by atoms with E-state index in [9.17, 15) is 9.59 Å². The summed E-state index contributed by atoms with van der Waals surface area (Å²) < 4.78 is 0. The van der Waals surface area contributed by atoms with Gasteiger partial charge in [-0.1, -0.05) is 12.8 Å². The molecule has 1 saturated carbocycles. The van der Waals surface area contributed by atoms with E-state index in [1.165, 1.54) is 0 Å². The lowest BCUT2D eigenvalue weighted by molar-refractivity contribution is -0.141. The van der Waals surface area contributed by atoms with Crippen LogP contribution in [0.1, 0.15) is 39.0 Å². The van der Waals surface area contributed by atoms with Gasteiger partial charge >= 0.3 is 5.97 Å². The van der Waals surface area contributed by atoms with Crippen molar-refractivity contribution in [3.8, 4) is 0 Å². The summed E-state index contributed by atoms with van der Waals surface area (Å²) in [4.78, 5) is 24.6. The number of rotatable bonds is 6. The molecule has 0 aromatic rings. The molecule has 104 valence electrons. The van der Waals surface area contributed by atoms with Crippen LogP contribution in [0.15, 0.2) is 0 Å². The standard InChI is InChI=1S/C13H24N2O3/c1-2-15(8-7-12(16)17)13(18)11-6-4-3-5-10(11)9-14/h10-11H,2-9,14H2,1H3,(H,16,17). The summed E-state index contributed by atoms with van der Waals surface area (Å²) in [5, 5.41) is 8.69. The van der Waals surface area contributed by atoms with Crippen molar-refractivity contribution < 1.29 is 14.7 Å². The highest BCUT2D eigenvalue weighted by atomic mass is 16.4. The van der Waals surface area contributed by atoms with Crippen molar-refractivity contribution in [3.63, 3.8) is 0 Å². The topological polar surface area (TPSA) is 83.6 Å². The van der Waals surface area contributed by atoms with E-state index >= 15 is 0 Å². The quantitative estimate of drug-likeness (QED) is 0.744. The molecule has 0 aliphatic heterocycles. The number of carbonyl (C=O) groups excluding carboxylic acids is 1. The number of carbonyl (C=O) groups is 2. The Kier molecular flexibility index (Phi) is 6.12. The van der Waals surface area contributed by atoms with Crippen molar-refractivity contribution in [2.45, 2.75) is 39.0 Å². The van der Waals surface area contributed by atoms with Gasteiger partial charge in [-0.15, -0.1) is 0 Å². The zero-order valence-corrected chi connectivity index (χ0v) is 11.1. The zero-order chi connectivity index (χ0) is 13.5. The third-order valence-electron chi connectivity index (χ3n) is 3.82. The molecule has 5 nitrogen and oxygen atoms in total. The highest BCUT2D eigenvalue weighted by molar-refractivity contribution is 5.80. The largest absolute Gasteiger partial charge is 0.481 e. The molecule has 18 heavy (non-hydrogen) atoms. The van der Waals surface area contributed by atoms with E-state index in [4.69, 9.17) is 10.8 Å². The first-order chi connectivity index (χ1) is 8.60. The van der Waals surface area contributed by atoms with Gasteiger partial charge in [-0.2, -0.15) is 0 Å². The molecule has 0 heterocycles. The van der Waals surface area contributed by atoms with Crippen molar-refractivity contribution >= 4 is 11.9 Å². The van der Waals surface area contributed by atoms with Crippen LogP contribution in [0.25, 0.3) is 0 Å². The average Bonchev–Trinajstić information content (AvgIpc) is 2.38. The average molecular weight is 256 g/mol. The second-order valence-electron chi connectivity index (χ2n) is 4.95. The number of carboxylic acid groups (broad SMARTS) is 1. The van der Waals surface area contributed by atoms with Crippen LogP contribution in [0.3, 0.4) is 0 Å². The van der Waals surface area contributed by atoms with E-state index in [2.05, 4.69) is 0 Å². The van der Waals surface area contributed by atoms with Gasteiger partial charge < -0.3 is 15.7 Å². The van der Waals surface area contributed by atoms with Gasteiger partial charge in [-0.25, -0.2) is 0 Å². The van der Waals surface area contributed by atoms with E-state index in [0.717, 1.165) is 25.7 Å². The van der Waals surface area contributed by atoms with Gasteiger partial charge in [0.15, 0.2) is 0 Å². The molecule has 0 radical (unpaired) electrons. The Morgan fingerprint density at radius 3 is 2.56 bits per heavy atom. The lowest BCUT2D eigenvalue weighted by Crippen LogP contribution is -2.43. The van der Waals surface area contributed by atoms with Crippen molar-refractivity contribution in [2.75, 3.05) is 19.6 Å². The maximum absolute atomic E-state index is 12.4. The van der Waals surface area contributed by atoms with E-state index in [1.54, 1.807) is 4.90 Å². The summed E-state index contributed by atoms with van der Waals surface area (Å²) in [6.07, 6.45) is 4.14. The van der Waals surface area contributed by atoms with Crippen molar-refractivity contribution in [2.24, 2.45) is 17.6 Å². The highest BCUT2D eigenvalue weighted by Gasteiger charge is 2.32. The van der Waals surface area contributed by atoms with Crippen LogP contribution in [0.4, 0.5) is 0 Å². The molecule has 1 aliphatic carbocycles. The maximum atomic E-state index is 12.4. The molecule has 1 fully saturated rings. The first-order valence-electron chi connectivity index (χ1n) is 6.80. The first-order valence-corrected chi connectivity index (χ1v) is 6.80. The molecule has 0 aromatic heterocycles. The monoisotopic (exact) mass is 256 g/mol. The van der Waals surface area contributed by atoms with Gasteiger partial charge in [0.1, 0.15) is 0 Å². The fourth-order valence-corrected chi connectivity index (χ4v) is 2.70. The lowest BCUT2D eigenvalue weighted by atomic mass is 9.78. The predicted molar refractivity (Wildman–Crippen MR) is 69.0 cm³/mol. The van der Waals surface area contributed by atoms with Crippen LogP contribution in [0, 0.1) is 11.8 Å². The van der Waals surface area contributed by atoms with Gasteiger partial charge in [-0.3, -0.25) is 9.59 Å². The molecule has 1 rings (SSSR count). The Balaban J connectivity index is 2.60. The van der Waals surface area contributed by atoms with Crippen LogP contribution in [-0.2, 0) is 9.59 Å². The van der Waals surface area contributed by atoms with Gasteiger partial charge in [-0.05, 0) is 32.2 Å². The fourth-order valence-electron chi connectivity index (χ4n) is 2.70. The summed E-state index contributed by atoms with van der Waals surface area (Å²) in [7, 11) is 0. The molecule has 0 bridgehead atoms. The number of nitrogens with two attached hydrogens (primary N) is 1. The van der Waals surface area contributed by atoms with Crippen molar-refractivity contribution in [3.05, 3.63) is 0 Å². The molecular weight excluding hydrogens is 232 g/mol. The number of aliphatic carboxylic acids is 1. The Morgan fingerprint density at radius 2 is 2.00 bits per heavy atom. The Bertz CT molecular complexity index is 294. The Hall–Kier alpha value is -1.10. The molecule has 1 amide bonds. The maximum Gasteiger partial charge on any atom is 0.305 e. The highest BCUT2D eigenvalue weighted by Crippen LogP contribution is 2.30. The summed E-state index contributed by atoms with van der Waals surface area (Å²) in [6.45, 7) is 3.31. The first kappa shape index (κ1) is 15.0. The van der Waals surface area contributed by atoms with Gasteiger partial charge in [0.25, 0.3) is 0 Å². The van der Waals surface area contributed by atoms with Gasteiger partial charge in [0.05, 0.1) is 6.42 Å². The molecule has 5 heteroatoms. The Morgan fingerprint density at radius 1 is 1.33 bits per heavy atom. The van der Waals surface area contributed by atoms with Crippen LogP contribution in [-0.4, -0.2) is 41.5 Å². The zero-order valence-electron chi connectivity index (χ0n) is 11.1. The second-order valence-corrected chi connectivity index (χ2v) is 4.95. The van der Waals surface area contributed by atoms with Crippen molar-refractivity contribution in [1.82, 2.24) is 4.90 Å². The van der Waals surface area contributed by atoms with Crippen molar-refractivity contribution in [1.29, 1.82) is 0 Å². The third kappa shape index (κ3) is 3.98. The molecule has 3 N–H and O–H groups in total. The minimum atomic E-state index is -0.861. The summed E-state index contributed by atoms with van der Waals surface area (Å²) in [6, 6.07) is 0. The number of amides is 1. The fraction of sp³-hybridized carbons (Fsp3) is 0.846. The molecule has 0 saturated heterocycles. The van der Waals surface area contributed by atoms with E-state index in [-0.39, 0.29) is 24.2 Å². The number of nitrogens with zero attached hydrogens (tertiary/aromatic N) is 1. The molecule has 0 spiro atoms. The van der Waals surface area contributed by atoms with Crippen LogP contribution < -0.4 is 5.73 Å². The lowest BCUT2D eigenvalue weighted by Gasteiger charge is -2.33. The van der Waals surface area contributed by atoms with Crippen LogP contribution in [0.2, 0.25) is 0 Å². The summed E-state index contributed by atoms with van der Waals surface area (Å²) in [5.41, 5.74) is 5.73. The minimum Gasteiger partial charge on any atom is -0.481 e. The van der Waals surface area contributed by atoms with Crippen LogP contribution >= 0.6 is 0 Å².